The van der Waals surface area contributed by atoms with E-state index in [0.717, 1.165) is 6.42 Å². The van der Waals surface area contributed by atoms with Crippen molar-refractivity contribution in [3.63, 3.8) is 0 Å². The second-order valence-electron chi connectivity index (χ2n) is 3.14. The van der Waals surface area contributed by atoms with Crippen LogP contribution in [0.4, 0.5) is 0 Å². The fourth-order valence-corrected chi connectivity index (χ4v) is 2.23. The van der Waals surface area contributed by atoms with Crippen LogP contribution in [0.5, 0.6) is 0 Å². The van der Waals surface area contributed by atoms with Crippen LogP contribution >= 0.6 is 15.9 Å². The van der Waals surface area contributed by atoms with Gasteiger partial charge in [-0.15, -0.1) is 0 Å². The van der Waals surface area contributed by atoms with E-state index in [2.05, 4.69) is 34.1 Å². The summed E-state index contributed by atoms with van der Waals surface area (Å²) in [6.45, 7) is 0. The van der Waals surface area contributed by atoms with Crippen LogP contribution in [0.3, 0.4) is 0 Å². The lowest BCUT2D eigenvalue weighted by Gasteiger charge is -2.00. The Bertz CT molecular complexity index is 321. The highest BCUT2D eigenvalue weighted by atomic mass is 79.9. The number of fused-ring (bicyclic) bond motifs is 3. The first-order valence-corrected chi connectivity index (χ1v) is 4.58. The molecular weight excluding hydrogens is 204 g/mol. The Hall–Kier alpha value is -0.340. The van der Waals surface area contributed by atoms with Gasteiger partial charge in [0.2, 0.25) is 0 Å². The summed E-state index contributed by atoms with van der Waals surface area (Å²) in [5, 5.41) is 0. The lowest BCUT2D eigenvalue weighted by atomic mass is 10.1. The number of rotatable bonds is 0. The van der Waals surface area contributed by atoms with Gasteiger partial charge in [-0.05, 0) is 23.3 Å². The van der Waals surface area contributed by atoms with Gasteiger partial charge >= 0.3 is 0 Å². The second-order valence-corrected chi connectivity index (χ2v) is 4.06. The van der Waals surface area contributed by atoms with Crippen molar-refractivity contribution in [2.45, 2.75) is 18.6 Å². The predicted molar refractivity (Wildman–Crippen MR) is 45.5 cm³/mol. The van der Waals surface area contributed by atoms with Crippen molar-refractivity contribution in [1.82, 2.24) is 0 Å². The molecule has 0 radical (unpaired) electrons. The molecule has 0 unspecified atom stereocenters. The molecule has 0 N–H and O–H groups in total. The summed E-state index contributed by atoms with van der Waals surface area (Å²) < 4.78 is 6.58. The van der Waals surface area contributed by atoms with E-state index in [9.17, 15) is 0 Å². The molecule has 0 aromatic heterocycles. The lowest BCUT2D eigenvalue weighted by Crippen LogP contribution is -1.87. The van der Waals surface area contributed by atoms with Crippen LogP contribution in [-0.2, 0) is 11.2 Å². The molecule has 1 saturated heterocycles. The van der Waals surface area contributed by atoms with Crippen molar-refractivity contribution in [2.24, 2.45) is 0 Å². The van der Waals surface area contributed by atoms with Crippen molar-refractivity contribution < 1.29 is 4.74 Å². The largest absolute Gasteiger partial charge is 0.364 e. The topological polar surface area (TPSA) is 12.5 Å². The van der Waals surface area contributed by atoms with Gasteiger partial charge in [0.05, 0.1) is 6.10 Å². The zero-order valence-corrected chi connectivity index (χ0v) is 7.47. The first-order valence-electron chi connectivity index (χ1n) is 3.78. The van der Waals surface area contributed by atoms with Crippen LogP contribution < -0.4 is 0 Å². The third-order valence-electron chi connectivity index (χ3n) is 2.42. The van der Waals surface area contributed by atoms with Gasteiger partial charge in [0.25, 0.3) is 0 Å². The minimum absolute atomic E-state index is 0.443. The van der Waals surface area contributed by atoms with Gasteiger partial charge in [0, 0.05) is 10.9 Å². The average molecular weight is 211 g/mol. The summed E-state index contributed by atoms with van der Waals surface area (Å²) in [5.41, 5.74) is 2.86. The third kappa shape index (κ3) is 0.797. The Labute approximate surface area is 73.5 Å². The maximum atomic E-state index is 5.40. The monoisotopic (exact) mass is 210 g/mol. The Kier molecular flexibility index (Phi) is 1.06. The van der Waals surface area contributed by atoms with E-state index < -0.39 is 0 Å². The molecule has 1 nitrogen and oxygen atoms in total. The van der Waals surface area contributed by atoms with Crippen molar-refractivity contribution in [1.29, 1.82) is 0 Å². The molecule has 1 fully saturated rings. The molecule has 0 saturated carbocycles. The average Bonchev–Trinajstić information content (AvgIpc) is 2.63. The molecule has 1 aliphatic heterocycles. The van der Waals surface area contributed by atoms with Crippen molar-refractivity contribution in [3.8, 4) is 0 Å². The highest BCUT2D eigenvalue weighted by molar-refractivity contribution is 9.10. The molecule has 11 heavy (non-hydrogen) atoms. The molecule has 2 aliphatic rings. The molecule has 2 heteroatoms. The van der Waals surface area contributed by atoms with E-state index in [-0.39, 0.29) is 0 Å². The van der Waals surface area contributed by atoms with Gasteiger partial charge in [-0.2, -0.15) is 0 Å². The molecule has 1 aromatic carbocycles. The molecule has 2 atom stereocenters. The highest BCUT2D eigenvalue weighted by Crippen LogP contribution is 2.48. The molecule has 1 aromatic rings. The number of hydrogen-bond donors (Lipinski definition) is 0. The lowest BCUT2D eigenvalue weighted by molar-refractivity contribution is 0.361. The molecular formula is C9H7BrO. The predicted octanol–water partition coefficient (Wildman–Crippen LogP) is 2.45. The molecule has 1 aliphatic carbocycles. The molecule has 3 rings (SSSR count). The summed E-state index contributed by atoms with van der Waals surface area (Å²) in [5.74, 6) is 0. The fourth-order valence-electron chi connectivity index (χ4n) is 1.82. The van der Waals surface area contributed by atoms with E-state index >= 15 is 0 Å². The summed E-state index contributed by atoms with van der Waals surface area (Å²) in [6.07, 6.45) is 2.07. The smallest absolute Gasteiger partial charge is 0.110 e. The van der Waals surface area contributed by atoms with Crippen molar-refractivity contribution in [2.75, 3.05) is 0 Å². The maximum absolute atomic E-state index is 5.40. The summed E-state index contributed by atoms with van der Waals surface area (Å²) in [4.78, 5) is 0. The third-order valence-corrected chi connectivity index (χ3v) is 2.91. The number of hydrogen-bond acceptors (Lipinski definition) is 1. The van der Waals surface area contributed by atoms with Crippen LogP contribution in [-0.4, -0.2) is 6.10 Å². The first-order chi connectivity index (χ1) is 5.34. The number of epoxide rings is 1. The van der Waals surface area contributed by atoms with Gasteiger partial charge in [-0.25, -0.2) is 0 Å². The van der Waals surface area contributed by atoms with Gasteiger partial charge in [0.15, 0.2) is 0 Å². The van der Waals surface area contributed by atoms with Crippen LogP contribution in [0, 0.1) is 0 Å². The van der Waals surface area contributed by atoms with E-state index in [1.165, 1.54) is 15.6 Å². The van der Waals surface area contributed by atoms with Crippen molar-refractivity contribution in [3.05, 3.63) is 33.8 Å². The Morgan fingerprint density at radius 2 is 2.36 bits per heavy atom. The van der Waals surface area contributed by atoms with Gasteiger partial charge in [-0.1, -0.05) is 22.0 Å². The standard InChI is InChI=1S/C9H7BrO/c10-6-1-2-7-5(3-6)4-8-9(7)11-8/h1-3,8-9H,4H2/t8-,9+/m1/s1. The number of ether oxygens (including phenoxy) is 1. The van der Waals surface area contributed by atoms with Crippen LogP contribution in [0.1, 0.15) is 17.2 Å². The van der Waals surface area contributed by atoms with E-state index in [1.807, 2.05) is 0 Å². The summed E-state index contributed by atoms with van der Waals surface area (Å²) in [7, 11) is 0. The zero-order chi connectivity index (χ0) is 7.42. The Balaban J connectivity index is 2.18. The normalized spacial score (nSPS) is 31.4. The van der Waals surface area contributed by atoms with Gasteiger partial charge in [-0.3, -0.25) is 0 Å². The summed E-state index contributed by atoms with van der Waals surface area (Å²) >= 11 is 3.46. The molecule has 1 heterocycles. The highest BCUT2D eigenvalue weighted by Gasteiger charge is 2.46. The SMILES string of the molecule is Brc1ccc2c(c1)C[C@H]1O[C@@H]21. The van der Waals surface area contributed by atoms with Crippen LogP contribution in [0.25, 0.3) is 0 Å². The molecule has 0 amide bonds. The number of halogens is 1. The van der Waals surface area contributed by atoms with Gasteiger partial charge < -0.3 is 4.74 Å². The van der Waals surface area contributed by atoms with Crippen LogP contribution in [0.2, 0.25) is 0 Å². The zero-order valence-electron chi connectivity index (χ0n) is 5.88. The first kappa shape index (κ1) is 6.21. The number of benzene rings is 1. The quantitative estimate of drug-likeness (QED) is 0.600. The molecule has 56 valence electrons. The summed E-state index contributed by atoms with van der Waals surface area (Å²) in [6, 6.07) is 6.45. The Morgan fingerprint density at radius 1 is 1.45 bits per heavy atom. The van der Waals surface area contributed by atoms with E-state index in [1.54, 1.807) is 0 Å². The second kappa shape index (κ2) is 1.87. The Morgan fingerprint density at radius 3 is 3.27 bits per heavy atom. The van der Waals surface area contributed by atoms with Gasteiger partial charge in [0.1, 0.15) is 6.10 Å². The van der Waals surface area contributed by atoms with Crippen molar-refractivity contribution >= 4 is 15.9 Å². The van der Waals surface area contributed by atoms with Crippen LogP contribution in [0.15, 0.2) is 22.7 Å². The minimum atomic E-state index is 0.443. The molecule has 0 bridgehead atoms. The van der Waals surface area contributed by atoms with E-state index in [4.69, 9.17) is 4.74 Å². The maximum Gasteiger partial charge on any atom is 0.110 e. The van der Waals surface area contributed by atoms with E-state index in [0.29, 0.717) is 12.2 Å². The minimum Gasteiger partial charge on any atom is -0.364 e. The fraction of sp³-hybridized carbons (Fsp3) is 0.333. The molecule has 0 spiro atoms.